The third kappa shape index (κ3) is 1.71. The molecule has 3 rings (SSSR count). The van der Waals surface area contributed by atoms with Gasteiger partial charge in [0.2, 0.25) is 0 Å². The van der Waals surface area contributed by atoms with E-state index in [1.54, 1.807) is 24.3 Å². The highest BCUT2D eigenvalue weighted by Crippen LogP contribution is 2.35. The molecule has 0 bridgehead atoms. The predicted molar refractivity (Wildman–Crippen MR) is 64.5 cm³/mol. The zero-order valence-corrected chi connectivity index (χ0v) is 10.1. The van der Waals surface area contributed by atoms with E-state index < -0.39 is 12.1 Å². The summed E-state index contributed by atoms with van der Waals surface area (Å²) in [6, 6.07) is 6.88. The van der Waals surface area contributed by atoms with E-state index in [1.165, 1.54) is 19.6 Å². The fraction of sp³-hybridized carbons (Fsp3) is 0.143. The maximum atomic E-state index is 12.3. The van der Waals surface area contributed by atoms with Gasteiger partial charge >= 0.3 is 5.97 Å². The number of methoxy groups -OCH3 is 1. The zero-order valence-electron chi connectivity index (χ0n) is 10.1. The number of hydrogen-bond donors (Lipinski definition) is 0. The van der Waals surface area contributed by atoms with Crippen molar-refractivity contribution < 1.29 is 23.8 Å². The van der Waals surface area contributed by atoms with E-state index in [9.17, 15) is 9.59 Å². The lowest BCUT2D eigenvalue weighted by atomic mass is 9.91. The van der Waals surface area contributed by atoms with Crippen molar-refractivity contribution in [2.45, 2.75) is 6.10 Å². The molecule has 0 spiro atoms. The van der Waals surface area contributed by atoms with Gasteiger partial charge in [-0.15, -0.1) is 0 Å². The van der Waals surface area contributed by atoms with E-state index in [2.05, 4.69) is 4.74 Å². The van der Waals surface area contributed by atoms with Crippen LogP contribution < -0.4 is 4.74 Å². The van der Waals surface area contributed by atoms with Gasteiger partial charge in [0, 0.05) is 0 Å². The van der Waals surface area contributed by atoms with Gasteiger partial charge in [0.15, 0.2) is 11.9 Å². The Morgan fingerprint density at radius 1 is 1.26 bits per heavy atom. The number of ketones is 1. The zero-order chi connectivity index (χ0) is 13.4. The largest absolute Gasteiger partial charge is 0.480 e. The topological polar surface area (TPSA) is 61.8 Å². The van der Waals surface area contributed by atoms with Crippen LogP contribution in [0.4, 0.5) is 0 Å². The van der Waals surface area contributed by atoms with Crippen LogP contribution in [0.25, 0.3) is 0 Å². The van der Waals surface area contributed by atoms with Gasteiger partial charge in [0.05, 0.1) is 18.2 Å². The fourth-order valence-corrected chi connectivity index (χ4v) is 2.08. The molecule has 0 saturated carbocycles. The molecule has 0 aliphatic carbocycles. The number of benzene rings is 1. The van der Waals surface area contributed by atoms with Gasteiger partial charge in [-0.25, -0.2) is 4.79 Å². The molecule has 1 aromatic carbocycles. The highest BCUT2D eigenvalue weighted by molar-refractivity contribution is 6.13. The average Bonchev–Trinajstić information content (AvgIpc) is 2.46. The van der Waals surface area contributed by atoms with Crippen LogP contribution >= 0.6 is 0 Å². The second-order valence-corrected chi connectivity index (χ2v) is 4.10. The molecule has 0 amide bonds. The number of rotatable bonds is 1. The van der Waals surface area contributed by atoms with Crippen molar-refractivity contribution in [2.24, 2.45) is 0 Å². The standard InChI is InChI=1S/C14H10O5/c1-17-14(16)10-7-18-6-9-12(15)8-4-2-3-5-11(8)19-13(9)10/h2-7,13H,1H3. The number of fused-ring (bicyclic) bond motifs is 2. The van der Waals surface area contributed by atoms with Crippen molar-refractivity contribution in [1.29, 1.82) is 0 Å². The third-order valence-electron chi connectivity index (χ3n) is 3.01. The van der Waals surface area contributed by atoms with Gasteiger partial charge < -0.3 is 14.2 Å². The summed E-state index contributed by atoms with van der Waals surface area (Å²) in [6.07, 6.45) is 1.76. The highest BCUT2D eigenvalue weighted by atomic mass is 16.5. The molecule has 0 fully saturated rings. The van der Waals surface area contributed by atoms with E-state index in [0.29, 0.717) is 16.9 Å². The lowest BCUT2D eigenvalue weighted by Gasteiger charge is -2.29. The minimum Gasteiger partial charge on any atom is -0.480 e. The summed E-state index contributed by atoms with van der Waals surface area (Å²) in [7, 11) is 1.26. The Bertz CT molecular complexity index is 626. The Hall–Kier alpha value is -2.56. The molecule has 1 atom stereocenters. The first-order chi connectivity index (χ1) is 9.22. The third-order valence-corrected chi connectivity index (χ3v) is 3.01. The molecule has 2 aliphatic rings. The molecule has 5 heteroatoms. The van der Waals surface area contributed by atoms with E-state index in [4.69, 9.17) is 9.47 Å². The summed E-state index contributed by atoms with van der Waals surface area (Å²) in [5.41, 5.74) is 0.921. The quantitative estimate of drug-likeness (QED) is 0.716. The van der Waals surface area contributed by atoms with Crippen LogP contribution in [0.1, 0.15) is 10.4 Å². The first-order valence-electron chi connectivity index (χ1n) is 5.66. The summed E-state index contributed by atoms with van der Waals surface area (Å²) in [4.78, 5) is 24.0. The molecule has 0 saturated heterocycles. The van der Waals surface area contributed by atoms with Crippen molar-refractivity contribution in [2.75, 3.05) is 7.11 Å². The van der Waals surface area contributed by atoms with Crippen LogP contribution in [0.5, 0.6) is 5.75 Å². The van der Waals surface area contributed by atoms with E-state index >= 15 is 0 Å². The molecule has 96 valence electrons. The monoisotopic (exact) mass is 258 g/mol. The smallest absolute Gasteiger partial charge is 0.341 e. The normalized spacial score (nSPS) is 20.1. The highest BCUT2D eigenvalue weighted by Gasteiger charge is 2.39. The Morgan fingerprint density at radius 2 is 2.05 bits per heavy atom. The van der Waals surface area contributed by atoms with Gasteiger partial charge in [-0.2, -0.15) is 0 Å². The molecule has 5 nitrogen and oxygen atoms in total. The number of para-hydroxylation sites is 1. The Labute approximate surface area is 109 Å². The number of hydrogen-bond acceptors (Lipinski definition) is 5. The molecule has 1 aromatic rings. The van der Waals surface area contributed by atoms with Crippen LogP contribution in [0.3, 0.4) is 0 Å². The minimum atomic E-state index is -0.774. The van der Waals surface area contributed by atoms with Crippen molar-refractivity contribution in [3.8, 4) is 5.75 Å². The average molecular weight is 258 g/mol. The summed E-state index contributed by atoms with van der Waals surface area (Å²) in [6.45, 7) is 0. The second-order valence-electron chi connectivity index (χ2n) is 4.10. The summed E-state index contributed by atoms with van der Waals surface area (Å²) in [5, 5.41) is 0. The molecule has 0 aromatic heterocycles. The van der Waals surface area contributed by atoms with Crippen LogP contribution in [-0.2, 0) is 14.3 Å². The molecule has 0 radical (unpaired) electrons. The van der Waals surface area contributed by atoms with Gasteiger partial charge in [-0.3, -0.25) is 4.79 Å². The van der Waals surface area contributed by atoms with Crippen molar-refractivity contribution in [3.63, 3.8) is 0 Å². The van der Waals surface area contributed by atoms with Crippen LogP contribution in [0.2, 0.25) is 0 Å². The van der Waals surface area contributed by atoms with Gasteiger partial charge in [-0.1, -0.05) is 12.1 Å². The molecule has 2 aliphatic heterocycles. The number of Topliss-reactive ketones (excluding diaryl/α,β-unsaturated/α-hetero) is 1. The molecule has 19 heavy (non-hydrogen) atoms. The van der Waals surface area contributed by atoms with Crippen LogP contribution in [-0.4, -0.2) is 25.0 Å². The maximum Gasteiger partial charge on any atom is 0.341 e. The lowest BCUT2D eigenvalue weighted by Crippen LogP contribution is -2.36. The Morgan fingerprint density at radius 3 is 2.84 bits per heavy atom. The SMILES string of the molecule is COC(=O)C1=COC=C2C(=O)c3ccccc3OC12. The first kappa shape index (κ1) is 11.5. The van der Waals surface area contributed by atoms with Crippen molar-refractivity contribution in [3.05, 3.63) is 53.5 Å². The van der Waals surface area contributed by atoms with Crippen molar-refractivity contribution >= 4 is 11.8 Å². The Balaban J connectivity index is 2.06. The number of carbonyl (C=O) groups excluding carboxylic acids is 2. The minimum absolute atomic E-state index is 0.169. The molecule has 0 N–H and O–H groups in total. The fourth-order valence-electron chi connectivity index (χ4n) is 2.08. The van der Waals surface area contributed by atoms with Crippen molar-refractivity contribution in [1.82, 2.24) is 0 Å². The molecule has 2 heterocycles. The first-order valence-corrected chi connectivity index (χ1v) is 5.66. The lowest BCUT2D eigenvalue weighted by molar-refractivity contribution is -0.137. The van der Waals surface area contributed by atoms with Crippen LogP contribution in [0.15, 0.2) is 47.9 Å². The van der Waals surface area contributed by atoms with E-state index in [1.807, 2.05) is 0 Å². The molecular formula is C14H10O5. The number of esters is 1. The predicted octanol–water partition coefficient (Wildman–Crippen LogP) is 1.60. The second kappa shape index (κ2) is 4.28. The Kier molecular flexibility index (Phi) is 2.59. The number of ether oxygens (including phenoxy) is 3. The molecule has 1 unspecified atom stereocenters. The van der Waals surface area contributed by atoms with Gasteiger partial charge in [0.25, 0.3) is 0 Å². The molecular weight excluding hydrogens is 248 g/mol. The van der Waals surface area contributed by atoms with Gasteiger partial charge in [-0.05, 0) is 12.1 Å². The van der Waals surface area contributed by atoms with E-state index in [-0.39, 0.29) is 11.4 Å². The summed E-state index contributed by atoms with van der Waals surface area (Å²) >= 11 is 0. The maximum absolute atomic E-state index is 12.3. The summed E-state index contributed by atoms with van der Waals surface area (Å²) < 4.78 is 15.4. The number of carbonyl (C=O) groups is 2. The van der Waals surface area contributed by atoms with Gasteiger partial charge in [0.1, 0.15) is 23.8 Å². The summed E-state index contributed by atoms with van der Waals surface area (Å²) in [5.74, 6) is -0.338. The van der Waals surface area contributed by atoms with Crippen LogP contribution in [0, 0.1) is 0 Å². The van der Waals surface area contributed by atoms with E-state index in [0.717, 1.165) is 0 Å².